The van der Waals surface area contributed by atoms with Gasteiger partial charge in [-0.3, -0.25) is 9.36 Å². The van der Waals surface area contributed by atoms with Crippen LogP contribution in [0, 0.1) is 0 Å². The van der Waals surface area contributed by atoms with Crippen molar-refractivity contribution in [3.63, 3.8) is 0 Å². The molecule has 0 N–H and O–H groups in total. The Kier molecular flexibility index (Phi) is 13.0. The molecule has 0 aliphatic carbocycles. The van der Waals surface area contributed by atoms with Crippen LogP contribution >= 0.6 is 11.8 Å². The maximum absolute atomic E-state index is 11.7. The summed E-state index contributed by atoms with van der Waals surface area (Å²) in [5.74, 6) is 1.79. The first kappa shape index (κ1) is 20.3. The number of carbonyl (C=O) groups is 1. The van der Waals surface area contributed by atoms with Gasteiger partial charge in [0, 0.05) is 12.4 Å². The van der Waals surface area contributed by atoms with Gasteiger partial charge in [-0.2, -0.15) is 11.8 Å². The molecule has 3 nitrogen and oxygen atoms in total. The van der Waals surface area contributed by atoms with Crippen LogP contribution in [-0.2, 0) is 0 Å². The highest BCUT2D eigenvalue weighted by Crippen LogP contribution is 2.13. The standard InChI is InChI=1S/C19H34N2OS/c1-2-3-4-5-6-7-8-9-10-11-12-13-16-23-17-19(22)21-15-14-20-18-21/h14-15,18H,2-13,16-17H2,1H3. The van der Waals surface area contributed by atoms with E-state index in [2.05, 4.69) is 11.9 Å². The molecule has 1 aromatic rings. The molecule has 23 heavy (non-hydrogen) atoms. The van der Waals surface area contributed by atoms with E-state index in [1.807, 2.05) is 0 Å². The molecule has 0 fully saturated rings. The molecule has 0 unspecified atom stereocenters. The number of rotatable bonds is 15. The Morgan fingerprint density at radius 1 is 0.913 bits per heavy atom. The molecule has 0 radical (unpaired) electrons. The van der Waals surface area contributed by atoms with Crippen molar-refractivity contribution in [1.82, 2.24) is 9.55 Å². The molecule has 0 amide bonds. The van der Waals surface area contributed by atoms with Gasteiger partial charge in [0.05, 0.1) is 5.75 Å². The molecule has 1 rings (SSSR count). The zero-order valence-corrected chi connectivity index (χ0v) is 15.7. The Balaban J connectivity index is 1.76. The lowest BCUT2D eigenvalue weighted by Gasteiger charge is -2.03. The average Bonchev–Trinajstić information content (AvgIpc) is 3.09. The van der Waals surface area contributed by atoms with Crippen LogP contribution < -0.4 is 0 Å². The number of aromatic nitrogens is 2. The van der Waals surface area contributed by atoms with Gasteiger partial charge in [-0.15, -0.1) is 0 Å². The summed E-state index contributed by atoms with van der Waals surface area (Å²) in [7, 11) is 0. The van der Waals surface area contributed by atoms with Crippen LogP contribution in [0.3, 0.4) is 0 Å². The maximum Gasteiger partial charge on any atom is 0.241 e. The van der Waals surface area contributed by atoms with Gasteiger partial charge in [0.25, 0.3) is 0 Å². The Labute approximate surface area is 146 Å². The lowest BCUT2D eigenvalue weighted by atomic mass is 10.1. The van der Waals surface area contributed by atoms with E-state index in [9.17, 15) is 4.79 Å². The fraction of sp³-hybridized carbons (Fsp3) is 0.789. The van der Waals surface area contributed by atoms with E-state index in [4.69, 9.17) is 0 Å². The van der Waals surface area contributed by atoms with Gasteiger partial charge in [0.1, 0.15) is 6.33 Å². The van der Waals surface area contributed by atoms with E-state index in [1.165, 1.54) is 77.0 Å². The van der Waals surface area contributed by atoms with Gasteiger partial charge < -0.3 is 0 Å². The number of imidazole rings is 1. The number of nitrogens with zero attached hydrogens (tertiary/aromatic N) is 2. The second-order valence-electron chi connectivity index (χ2n) is 6.31. The summed E-state index contributed by atoms with van der Waals surface area (Å²) >= 11 is 1.74. The summed E-state index contributed by atoms with van der Waals surface area (Å²) in [4.78, 5) is 15.6. The quantitative estimate of drug-likeness (QED) is 0.370. The number of thioether (sulfide) groups is 1. The van der Waals surface area contributed by atoms with E-state index < -0.39 is 0 Å². The van der Waals surface area contributed by atoms with E-state index in [1.54, 1.807) is 35.0 Å². The molecular formula is C19H34N2OS. The van der Waals surface area contributed by atoms with Crippen molar-refractivity contribution in [3.8, 4) is 0 Å². The van der Waals surface area contributed by atoms with Crippen molar-refractivity contribution in [1.29, 1.82) is 0 Å². The van der Waals surface area contributed by atoms with Gasteiger partial charge in [-0.1, -0.05) is 77.6 Å². The molecule has 0 aromatic carbocycles. The van der Waals surface area contributed by atoms with Crippen LogP contribution in [-0.4, -0.2) is 27.0 Å². The molecule has 0 saturated heterocycles. The Hall–Kier alpha value is -0.770. The molecule has 0 spiro atoms. The summed E-state index contributed by atoms with van der Waals surface area (Å²) in [6.07, 6.45) is 21.5. The van der Waals surface area contributed by atoms with Crippen LogP contribution in [0.2, 0.25) is 0 Å². The van der Waals surface area contributed by atoms with Crippen LogP contribution in [0.25, 0.3) is 0 Å². The van der Waals surface area contributed by atoms with Crippen molar-refractivity contribution in [3.05, 3.63) is 18.7 Å². The number of hydrogen-bond donors (Lipinski definition) is 0. The lowest BCUT2D eigenvalue weighted by molar-refractivity contribution is 0.0941. The number of hydrogen-bond acceptors (Lipinski definition) is 3. The molecule has 0 bridgehead atoms. The Morgan fingerprint density at radius 3 is 2.00 bits per heavy atom. The maximum atomic E-state index is 11.7. The van der Waals surface area contributed by atoms with Crippen LogP contribution in [0.5, 0.6) is 0 Å². The van der Waals surface area contributed by atoms with Gasteiger partial charge >= 0.3 is 0 Å². The minimum absolute atomic E-state index is 0.131. The third-order valence-electron chi connectivity index (χ3n) is 4.16. The topological polar surface area (TPSA) is 34.9 Å². The number of carbonyl (C=O) groups excluding carboxylic acids is 1. The SMILES string of the molecule is CCCCCCCCCCCCCCSCC(=O)n1ccnc1. The largest absolute Gasteiger partial charge is 0.276 e. The first-order chi connectivity index (χ1) is 11.3. The normalized spacial score (nSPS) is 11.0. The van der Waals surface area contributed by atoms with Crippen molar-refractivity contribution in [2.24, 2.45) is 0 Å². The summed E-state index contributed by atoms with van der Waals surface area (Å²) in [5.41, 5.74) is 0. The summed E-state index contributed by atoms with van der Waals surface area (Å²) in [5, 5.41) is 0. The second-order valence-corrected chi connectivity index (χ2v) is 7.41. The molecule has 132 valence electrons. The molecule has 4 heteroatoms. The van der Waals surface area contributed by atoms with Crippen molar-refractivity contribution < 1.29 is 4.79 Å². The van der Waals surface area contributed by atoms with E-state index in [-0.39, 0.29) is 5.91 Å². The van der Waals surface area contributed by atoms with Crippen molar-refractivity contribution in [2.75, 3.05) is 11.5 Å². The zero-order chi connectivity index (χ0) is 16.6. The highest BCUT2D eigenvalue weighted by Gasteiger charge is 2.03. The average molecular weight is 339 g/mol. The molecule has 0 saturated carbocycles. The van der Waals surface area contributed by atoms with E-state index in [0.29, 0.717) is 5.75 Å². The predicted octanol–water partition coefficient (Wildman–Crippen LogP) is 5.96. The highest BCUT2D eigenvalue weighted by molar-refractivity contribution is 7.99. The monoisotopic (exact) mass is 338 g/mol. The summed E-state index contributed by atoms with van der Waals surface area (Å²) in [6.45, 7) is 2.27. The minimum atomic E-state index is 0.131. The minimum Gasteiger partial charge on any atom is -0.276 e. The zero-order valence-electron chi connectivity index (χ0n) is 14.8. The summed E-state index contributed by atoms with van der Waals surface area (Å²) in [6, 6.07) is 0. The smallest absolute Gasteiger partial charge is 0.241 e. The summed E-state index contributed by atoms with van der Waals surface area (Å²) < 4.78 is 1.56. The third-order valence-corrected chi connectivity index (χ3v) is 5.19. The molecule has 0 aliphatic heterocycles. The molecule has 0 atom stereocenters. The van der Waals surface area contributed by atoms with Crippen LogP contribution in [0.15, 0.2) is 18.7 Å². The highest BCUT2D eigenvalue weighted by atomic mass is 32.2. The first-order valence-electron chi connectivity index (χ1n) is 9.43. The fourth-order valence-electron chi connectivity index (χ4n) is 2.69. The molecular weight excluding hydrogens is 304 g/mol. The Bertz CT molecular complexity index is 379. The van der Waals surface area contributed by atoms with E-state index in [0.717, 1.165) is 5.75 Å². The van der Waals surface area contributed by atoms with Gasteiger partial charge in [0.15, 0.2) is 0 Å². The van der Waals surface area contributed by atoms with Gasteiger partial charge in [0.2, 0.25) is 5.91 Å². The van der Waals surface area contributed by atoms with Crippen LogP contribution in [0.1, 0.15) is 88.8 Å². The third kappa shape index (κ3) is 11.4. The van der Waals surface area contributed by atoms with Gasteiger partial charge in [-0.05, 0) is 12.2 Å². The van der Waals surface area contributed by atoms with Gasteiger partial charge in [-0.25, -0.2) is 4.98 Å². The first-order valence-corrected chi connectivity index (χ1v) is 10.6. The molecule has 1 heterocycles. The second kappa shape index (κ2) is 14.8. The van der Waals surface area contributed by atoms with E-state index >= 15 is 0 Å². The molecule has 0 aliphatic rings. The van der Waals surface area contributed by atoms with Crippen LogP contribution in [0.4, 0.5) is 0 Å². The lowest BCUT2D eigenvalue weighted by Crippen LogP contribution is -2.11. The molecule has 1 aromatic heterocycles. The fourth-order valence-corrected chi connectivity index (χ4v) is 3.56. The number of unbranched alkanes of at least 4 members (excludes halogenated alkanes) is 11. The Morgan fingerprint density at radius 2 is 1.48 bits per heavy atom. The van der Waals surface area contributed by atoms with Crippen molar-refractivity contribution in [2.45, 2.75) is 84.0 Å². The van der Waals surface area contributed by atoms with Crippen molar-refractivity contribution >= 4 is 17.7 Å². The predicted molar refractivity (Wildman–Crippen MR) is 101 cm³/mol.